The van der Waals surface area contributed by atoms with Crippen molar-refractivity contribution in [2.45, 2.75) is 45.1 Å². The number of ketones is 1. The first-order chi connectivity index (χ1) is 7.74. The van der Waals surface area contributed by atoms with Gasteiger partial charge in [-0.1, -0.05) is 6.92 Å². The van der Waals surface area contributed by atoms with Crippen LogP contribution in [0.25, 0.3) is 0 Å². The van der Waals surface area contributed by atoms with Gasteiger partial charge in [0.25, 0.3) is 0 Å². The zero-order valence-corrected chi connectivity index (χ0v) is 9.78. The molecule has 0 aromatic carbocycles. The molecule has 0 spiro atoms. The van der Waals surface area contributed by atoms with Crippen molar-refractivity contribution in [2.75, 3.05) is 13.2 Å². The molecule has 0 unspecified atom stereocenters. The third-order valence-electron chi connectivity index (χ3n) is 3.55. The van der Waals surface area contributed by atoms with Crippen LogP contribution in [0, 0.1) is 5.92 Å². The van der Waals surface area contributed by atoms with Crippen molar-refractivity contribution in [3.63, 3.8) is 0 Å². The number of carbonyl (C=O) groups excluding carboxylic acids is 2. The fourth-order valence-electron chi connectivity index (χ4n) is 2.76. The minimum Gasteiger partial charge on any atom is -0.449 e. The number of nitrogens with zero attached hydrogens (tertiary/aromatic N) is 1. The lowest BCUT2D eigenvalue weighted by atomic mass is 9.84. The first kappa shape index (κ1) is 11.4. The Morgan fingerprint density at radius 3 is 3.06 bits per heavy atom. The average molecular weight is 225 g/mol. The SMILES string of the molecule is CCCOC(=O)N1CC[C@H]2C(=O)CCC[C@H]21. The molecule has 1 aliphatic heterocycles. The molecule has 1 amide bonds. The molecule has 2 atom stereocenters. The summed E-state index contributed by atoms with van der Waals surface area (Å²) in [7, 11) is 0. The normalized spacial score (nSPS) is 29.1. The number of likely N-dealkylation sites (tertiary alicyclic amines) is 1. The molecule has 4 heteroatoms. The van der Waals surface area contributed by atoms with Crippen LogP contribution >= 0.6 is 0 Å². The Bertz CT molecular complexity index is 290. The van der Waals surface area contributed by atoms with Crippen molar-refractivity contribution < 1.29 is 14.3 Å². The minimum atomic E-state index is -0.232. The van der Waals surface area contributed by atoms with E-state index in [0.717, 1.165) is 25.7 Å². The number of Topliss-reactive ketones (excluding diaryl/α,β-unsaturated/α-hetero) is 1. The Morgan fingerprint density at radius 2 is 2.31 bits per heavy atom. The first-order valence-corrected chi connectivity index (χ1v) is 6.20. The molecule has 90 valence electrons. The highest BCUT2D eigenvalue weighted by Gasteiger charge is 2.43. The van der Waals surface area contributed by atoms with Crippen molar-refractivity contribution in [1.29, 1.82) is 0 Å². The van der Waals surface area contributed by atoms with E-state index in [1.165, 1.54) is 0 Å². The molecule has 0 radical (unpaired) electrons. The van der Waals surface area contributed by atoms with Gasteiger partial charge < -0.3 is 9.64 Å². The number of hydrogen-bond acceptors (Lipinski definition) is 3. The standard InChI is InChI=1S/C12H19NO3/c1-2-8-16-12(15)13-7-6-9-10(13)4-3-5-11(9)14/h9-10H,2-8H2,1H3/t9-,10-/m1/s1. The average Bonchev–Trinajstić information content (AvgIpc) is 2.71. The summed E-state index contributed by atoms with van der Waals surface area (Å²) in [5.74, 6) is 0.421. The smallest absolute Gasteiger partial charge is 0.410 e. The molecule has 1 heterocycles. The van der Waals surface area contributed by atoms with Crippen LogP contribution in [0.4, 0.5) is 4.79 Å². The Balaban J connectivity index is 1.97. The number of amides is 1. The molecule has 1 saturated carbocycles. The number of carbonyl (C=O) groups is 2. The van der Waals surface area contributed by atoms with E-state index in [1.807, 2.05) is 6.92 Å². The van der Waals surface area contributed by atoms with Crippen molar-refractivity contribution in [2.24, 2.45) is 5.92 Å². The second-order valence-electron chi connectivity index (χ2n) is 4.63. The molecule has 1 aliphatic carbocycles. The zero-order chi connectivity index (χ0) is 11.5. The summed E-state index contributed by atoms with van der Waals surface area (Å²) < 4.78 is 5.14. The van der Waals surface area contributed by atoms with Crippen molar-refractivity contribution >= 4 is 11.9 Å². The van der Waals surface area contributed by atoms with E-state index < -0.39 is 0 Å². The highest BCUT2D eigenvalue weighted by molar-refractivity contribution is 5.84. The van der Waals surface area contributed by atoms with Gasteiger partial charge in [-0.2, -0.15) is 0 Å². The molecule has 0 aromatic heterocycles. The van der Waals surface area contributed by atoms with Crippen LogP contribution in [0.5, 0.6) is 0 Å². The van der Waals surface area contributed by atoms with Crippen molar-refractivity contribution in [3.8, 4) is 0 Å². The van der Waals surface area contributed by atoms with Gasteiger partial charge in [-0.05, 0) is 25.7 Å². The van der Waals surface area contributed by atoms with Gasteiger partial charge in [0.2, 0.25) is 0 Å². The Labute approximate surface area is 95.9 Å². The van der Waals surface area contributed by atoms with Crippen LogP contribution in [0.2, 0.25) is 0 Å². The molecular formula is C12H19NO3. The van der Waals surface area contributed by atoms with Gasteiger partial charge in [0.15, 0.2) is 0 Å². The fraction of sp³-hybridized carbons (Fsp3) is 0.833. The molecule has 1 saturated heterocycles. The van der Waals surface area contributed by atoms with E-state index in [1.54, 1.807) is 4.90 Å². The third-order valence-corrected chi connectivity index (χ3v) is 3.55. The van der Waals surface area contributed by atoms with Crippen LogP contribution in [0.15, 0.2) is 0 Å². The molecule has 2 fully saturated rings. The van der Waals surface area contributed by atoms with Crippen molar-refractivity contribution in [1.82, 2.24) is 4.90 Å². The highest BCUT2D eigenvalue weighted by atomic mass is 16.6. The largest absolute Gasteiger partial charge is 0.449 e. The Kier molecular flexibility index (Phi) is 3.46. The van der Waals surface area contributed by atoms with E-state index in [0.29, 0.717) is 25.4 Å². The summed E-state index contributed by atoms with van der Waals surface area (Å²) >= 11 is 0. The first-order valence-electron chi connectivity index (χ1n) is 6.20. The van der Waals surface area contributed by atoms with Crippen LogP contribution < -0.4 is 0 Å². The number of fused-ring (bicyclic) bond motifs is 1. The molecule has 2 aliphatic rings. The van der Waals surface area contributed by atoms with E-state index in [9.17, 15) is 9.59 Å². The predicted molar refractivity (Wildman–Crippen MR) is 59.1 cm³/mol. The topological polar surface area (TPSA) is 46.6 Å². The number of rotatable bonds is 2. The van der Waals surface area contributed by atoms with Gasteiger partial charge in [0.05, 0.1) is 6.61 Å². The lowest BCUT2D eigenvalue weighted by Gasteiger charge is -2.30. The van der Waals surface area contributed by atoms with Gasteiger partial charge in [-0.15, -0.1) is 0 Å². The van der Waals surface area contributed by atoms with Gasteiger partial charge in [0.1, 0.15) is 5.78 Å². The molecule has 0 aromatic rings. The molecular weight excluding hydrogens is 206 g/mol. The van der Waals surface area contributed by atoms with Crippen LogP contribution in [-0.2, 0) is 9.53 Å². The zero-order valence-electron chi connectivity index (χ0n) is 9.78. The molecule has 16 heavy (non-hydrogen) atoms. The van der Waals surface area contributed by atoms with Gasteiger partial charge in [0, 0.05) is 24.9 Å². The van der Waals surface area contributed by atoms with Crippen LogP contribution in [-0.4, -0.2) is 36.0 Å². The quantitative estimate of drug-likeness (QED) is 0.722. The Hall–Kier alpha value is -1.06. The highest BCUT2D eigenvalue weighted by Crippen LogP contribution is 2.34. The van der Waals surface area contributed by atoms with E-state index in [2.05, 4.69) is 0 Å². The van der Waals surface area contributed by atoms with Crippen LogP contribution in [0.1, 0.15) is 39.0 Å². The second kappa shape index (κ2) is 4.85. The number of hydrogen-bond donors (Lipinski definition) is 0. The lowest BCUT2D eigenvalue weighted by Crippen LogP contribution is -2.42. The van der Waals surface area contributed by atoms with Gasteiger partial charge in [-0.3, -0.25) is 4.79 Å². The summed E-state index contributed by atoms with van der Waals surface area (Å²) in [5, 5.41) is 0. The predicted octanol–water partition coefficient (Wildman–Crippen LogP) is 1.98. The van der Waals surface area contributed by atoms with E-state index >= 15 is 0 Å². The fourth-order valence-corrected chi connectivity index (χ4v) is 2.76. The summed E-state index contributed by atoms with van der Waals surface area (Å²) in [6, 6.07) is 0.116. The molecule has 2 rings (SSSR count). The third kappa shape index (κ3) is 2.06. The maximum absolute atomic E-state index is 11.8. The maximum Gasteiger partial charge on any atom is 0.410 e. The Morgan fingerprint density at radius 1 is 1.50 bits per heavy atom. The monoisotopic (exact) mass is 225 g/mol. The van der Waals surface area contributed by atoms with E-state index in [-0.39, 0.29) is 18.1 Å². The summed E-state index contributed by atoms with van der Waals surface area (Å²) in [5.41, 5.74) is 0. The van der Waals surface area contributed by atoms with Gasteiger partial charge >= 0.3 is 6.09 Å². The number of ether oxygens (including phenoxy) is 1. The maximum atomic E-state index is 11.8. The summed E-state index contributed by atoms with van der Waals surface area (Å²) in [4.78, 5) is 25.2. The van der Waals surface area contributed by atoms with Gasteiger partial charge in [-0.25, -0.2) is 4.79 Å². The summed E-state index contributed by atoms with van der Waals surface area (Å²) in [6.07, 6.45) is 4.00. The lowest BCUT2D eigenvalue weighted by molar-refractivity contribution is -0.125. The summed E-state index contributed by atoms with van der Waals surface area (Å²) in [6.45, 7) is 3.13. The second-order valence-corrected chi connectivity index (χ2v) is 4.63. The molecule has 0 N–H and O–H groups in total. The van der Waals surface area contributed by atoms with Crippen LogP contribution in [0.3, 0.4) is 0 Å². The molecule has 0 bridgehead atoms. The van der Waals surface area contributed by atoms with E-state index in [4.69, 9.17) is 4.74 Å². The van der Waals surface area contributed by atoms with Crippen molar-refractivity contribution in [3.05, 3.63) is 0 Å². The molecule has 4 nitrogen and oxygen atoms in total. The minimum absolute atomic E-state index is 0.0860.